The number of ketones is 1. The van der Waals surface area contributed by atoms with Gasteiger partial charge < -0.3 is 4.42 Å². The van der Waals surface area contributed by atoms with Crippen LogP contribution in [0.3, 0.4) is 0 Å². The Kier molecular flexibility index (Phi) is 4.26. The smallest absolute Gasteiger partial charge is 0.145 e. The molecule has 0 saturated heterocycles. The summed E-state index contributed by atoms with van der Waals surface area (Å²) in [6.45, 7) is 5.93. The van der Waals surface area contributed by atoms with E-state index in [1.54, 1.807) is 18.0 Å². The van der Waals surface area contributed by atoms with Crippen LogP contribution >= 0.6 is 11.8 Å². The van der Waals surface area contributed by atoms with E-state index in [9.17, 15) is 4.79 Å². The minimum Gasteiger partial charge on any atom is -0.468 e. The molecule has 1 aromatic heterocycles. The van der Waals surface area contributed by atoms with E-state index in [0.29, 0.717) is 11.5 Å². The van der Waals surface area contributed by atoms with E-state index in [0.717, 1.165) is 17.1 Å². The topological polar surface area (TPSA) is 30.2 Å². The second-order valence-electron chi connectivity index (χ2n) is 3.41. The molecular formula is C11H16O2S. The van der Waals surface area contributed by atoms with Crippen LogP contribution < -0.4 is 0 Å². The summed E-state index contributed by atoms with van der Waals surface area (Å²) >= 11 is 1.56. The Bertz CT molecular complexity index is 304. The summed E-state index contributed by atoms with van der Waals surface area (Å²) < 4.78 is 5.15. The number of hydrogen-bond donors (Lipinski definition) is 0. The summed E-state index contributed by atoms with van der Waals surface area (Å²) in [5.41, 5.74) is 0. The van der Waals surface area contributed by atoms with Crippen molar-refractivity contribution in [1.82, 2.24) is 0 Å². The van der Waals surface area contributed by atoms with Crippen molar-refractivity contribution in [2.24, 2.45) is 5.92 Å². The maximum absolute atomic E-state index is 11.5. The lowest BCUT2D eigenvalue weighted by atomic mass is 10.1. The number of thioether (sulfide) groups is 1. The van der Waals surface area contributed by atoms with Gasteiger partial charge in [0.05, 0.1) is 12.0 Å². The highest BCUT2D eigenvalue weighted by molar-refractivity contribution is 8.00. The van der Waals surface area contributed by atoms with Gasteiger partial charge in [-0.1, -0.05) is 13.8 Å². The molecule has 78 valence electrons. The summed E-state index contributed by atoms with van der Waals surface area (Å²) in [6.07, 6.45) is 2.58. The number of carbonyl (C=O) groups excluding carboxylic acids is 1. The van der Waals surface area contributed by atoms with Crippen molar-refractivity contribution >= 4 is 17.5 Å². The lowest BCUT2D eigenvalue weighted by molar-refractivity contribution is -0.119. The van der Waals surface area contributed by atoms with Crippen molar-refractivity contribution in [2.45, 2.75) is 32.1 Å². The van der Waals surface area contributed by atoms with Crippen LogP contribution in [0.15, 0.2) is 21.6 Å². The summed E-state index contributed by atoms with van der Waals surface area (Å²) in [4.78, 5) is 12.6. The van der Waals surface area contributed by atoms with E-state index < -0.39 is 0 Å². The first-order valence-corrected chi connectivity index (χ1v) is 5.83. The average Bonchev–Trinajstić information content (AvgIpc) is 2.59. The first-order chi connectivity index (χ1) is 6.65. The van der Waals surface area contributed by atoms with Gasteiger partial charge in [-0.15, -0.1) is 11.8 Å². The maximum Gasteiger partial charge on any atom is 0.145 e. The third-order valence-electron chi connectivity index (χ3n) is 2.34. The molecule has 0 aliphatic rings. The Hall–Kier alpha value is -0.700. The predicted molar refractivity (Wildman–Crippen MR) is 58.6 cm³/mol. The summed E-state index contributed by atoms with van der Waals surface area (Å²) in [5.74, 6) is 1.94. The summed E-state index contributed by atoms with van der Waals surface area (Å²) in [6, 6.07) is 1.91. The molecule has 0 amide bonds. The fourth-order valence-electron chi connectivity index (χ4n) is 1.04. The molecule has 1 aromatic rings. The van der Waals surface area contributed by atoms with Gasteiger partial charge in [-0.3, -0.25) is 4.79 Å². The molecule has 0 bridgehead atoms. The second kappa shape index (κ2) is 5.25. The molecule has 14 heavy (non-hydrogen) atoms. The Morgan fingerprint density at radius 3 is 2.86 bits per heavy atom. The number of furan rings is 1. The van der Waals surface area contributed by atoms with E-state index in [2.05, 4.69) is 0 Å². The van der Waals surface area contributed by atoms with Crippen LogP contribution in [0.1, 0.15) is 26.0 Å². The molecule has 1 unspecified atom stereocenters. The van der Waals surface area contributed by atoms with E-state index >= 15 is 0 Å². The van der Waals surface area contributed by atoms with E-state index in [-0.39, 0.29) is 5.92 Å². The van der Waals surface area contributed by atoms with Crippen LogP contribution in [0.4, 0.5) is 0 Å². The van der Waals surface area contributed by atoms with Crippen LogP contribution in [0, 0.1) is 12.8 Å². The number of rotatable bonds is 5. The van der Waals surface area contributed by atoms with Crippen LogP contribution in [0.25, 0.3) is 0 Å². The minimum atomic E-state index is 0.176. The molecule has 0 N–H and O–H groups in total. The third-order valence-corrected chi connectivity index (χ3v) is 3.51. The molecule has 0 radical (unpaired) electrons. The second-order valence-corrected chi connectivity index (χ2v) is 4.42. The van der Waals surface area contributed by atoms with Crippen molar-refractivity contribution in [3.05, 3.63) is 18.1 Å². The van der Waals surface area contributed by atoms with Gasteiger partial charge in [0, 0.05) is 10.8 Å². The van der Waals surface area contributed by atoms with Crippen molar-refractivity contribution in [3.8, 4) is 0 Å². The van der Waals surface area contributed by atoms with Crippen molar-refractivity contribution in [1.29, 1.82) is 0 Å². The van der Waals surface area contributed by atoms with Gasteiger partial charge >= 0.3 is 0 Å². The Balaban J connectivity index is 2.41. The van der Waals surface area contributed by atoms with Crippen LogP contribution in [-0.2, 0) is 4.79 Å². The van der Waals surface area contributed by atoms with Crippen LogP contribution in [-0.4, -0.2) is 11.5 Å². The summed E-state index contributed by atoms with van der Waals surface area (Å²) in [5, 5.41) is 0. The standard InChI is InChI=1S/C11H16O2S/c1-4-8(2)10(12)7-14-11-5-6-13-9(11)3/h5-6,8H,4,7H2,1-3H3. The molecule has 1 heterocycles. The molecule has 2 nitrogen and oxygen atoms in total. The molecule has 1 rings (SSSR count). The van der Waals surface area contributed by atoms with E-state index in [4.69, 9.17) is 4.42 Å². The quantitative estimate of drug-likeness (QED) is 0.701. The molecule has 1 atom stereocenters. The maximum atomic E-state index is 11.5. The zero-order valence-electron chi connectivity index (χ0n) is 8.87. The van der Waals surface area contributed by atoms with Gasteiger partial charge in [-0.05, 0) is 19.4 Å². The lowest BCUT2D eigenvalue weighted by Crippen LogP contribution is -2.12. The monoisotopic (exact) mass is 212 g/mol. The van der Waals surface area contributed by atoms with Crippen molar-refractivity contribution in [3.63, 3.8) is 0 Å². The number of aryl methyl sites for hydroxylation is 1. The fraction of sp³-hybridized carbons (Fsp3) is 0.545. The minimum absolute atomic E-state index is 0.176. The normalized spacial score (nSPS) is 12.8. The highest BCUT2D eigenvalue weighted by Crippen LogP contribution is 2.24. The fourth-order valence-corrected chi connectivity index (χ4v) is 2.03. The van der Waals surface area contributed by atoms with Gasteiger partial charge in [0.1, 0.15) is 11.5 Å². The zero-order valence-corrected chi connectivity index (χ0v) is 9.69. The molecule has 0 fully saturated rings. The van der Waals surface area contributed by atoms with Gasteiger partial charge in [0.2, 0.25) is 0 Å². The van der Waals surface area contributed by atoms with Gasteiger partial charge in [-0.25, -0.2) is 0 Å². The first-order valence-electron chi connectivity index (χ1n) is 4.84. The molecule has 0 aromatic carbocycles. The number of hydrogen-bond acceptors (Lipinski definition) is 3. The average molecular weight is 212 g/mol. The molecular weight excluding hydrogens is 196 g/mol. The van der Waals surface area contributed by atoms with Crippen molar-refractivity contribution in [2.75, 3.05) is 5.75 Å². The predicted octanol–water partition coefficient (Wildman–Crippen LogP) is 3.30. The largest absolute Gasteiger partial charge is 0.468 e. The summed E-state index contributed by atoms with van der Waals surface area (Å²) in [7, 11) is 0. The Labute approximate surface area is 89.1 Å². The van der Waals surface area contributed by atoms with E-state index in [1.807, 2.05) is 26.8 Å². The van der Waals surface area contributed by atoms with Crippen LogP contribution in [0.5, 0.6) is 0 Å². The third kappa shape index (κ3) is 2.91. The SMILES string of the molecule is CCC(C)C(=O)CSc1ccoc1C. The Morgan fingerprint density at radius 1 is 1.64 bits per heavy atom. The number of Topliss-reactive ketones (excluding diaryl/α,β-unsaturated/α-hetero) is 1. The number of carbonyl (C=O) groups is 1. The zero-order chi connectivity index (χ0) is 10.6. The van der Waals surface area contributed by atoms with Gasteiger partial charge in [0.15, 0.2) is 0 Å². The molecule has 0 aliphatic heterocycles. The molecule has 0 aliphatic carbocycles. The van der Waals surface area contributed by atoms with E-state index in [1.165, 1.54) is 0 Å². The highest BCUT2D eigenvalue weighted by atomic mass is 32.2. The Morgan fingerprint density at radius 2 is 2.36 bits per heavy atom. The molecule has 0 spiro atoms. The molecule has 3 heteroatoms. The molecule has 0 saturated carbocycles. The first kappa shape index (κ1) is 11.4. The lowest BCUT2D eigenvalue weighted by Gasteiger charge is -2.05. The highest BCUT2D eigenvalue weighted by Gasteiger charge is 2.12. The van der Waals surface area contributed by atoms with Crippen molar-refractivity contribution < 1.29 is 9.21 Å². The van der Waals surface area contributed by atoms with Gasteiger partial charge in [-0.2, -0.15) is 0 Å². The van der Waals surface area contributed by atoms with Crippen LogP contribution in [0.2, 0.25) is 0 Å². The van der Waals surface area contributed by atoms with Gasteiger partial charge in [0.25, 0.3) is 0 Å².